The van der Waals surface area contributed by atoms with E-state index < -0.39 is 0 Å². The van der Waals surface area contributed by atoms with Crippen LogP contribution in [0.3, 0.4) is 0 Å². The van der Waals surface area contributed by atoms with Crippen molar-refractivity contribution >= 4 is 35.8 Å². The van der Waals surface area contributed by atoms with E-state index >= 15 is 0 Å². The fourth-order valence-corrected chi connectivity index (χ4v) is 2.69. The maximum absolute atomic E-state index is 11.9. The monoisotopic (exact) mass is 453 g/mol. The van der Waals surface area contributed by atoms with Crippen LogP contribution in [0.5, 0.6) is 0 Å². The molecule has 0 aromatic carbocycles. The lowest BCUT2D eigenvalue weighted by atomic mass is 10.1. The number of likely N-dealkylation sites (tertiary alicyclic amines) is 1. The average Bonchev–Trinajstić information content (AvgIpc) is 2.93. The first-order valence-corrected chi connectivity index (χ1v) is 8.85. The maximum Gasteiger partial charge on any atom is 0.242 e. The Hall–Kier alpha value is -0.570. The van der Waals surface area contributed by atoms with Crippen molar-refractivity contribution in [1.82, 2.24) is 20.9 Å². The Morgan fingerprint density at radius 2 is 1.83 bits per heavy atom. The number of hydrogen-bond acceptors (Lipinski definition) is 3. The van der Waals surface area contributed by atoms with Gasteiger partial charge in [-0.15, -0.1) is 24.0 Å². The van der Waals surface area contributed by atoms with E-state index in [-0.39, 0.29) is 42.0 Å². The zero-order valence-electron chi connectivity index (χ0n) is 15.9. The Kier molecular flexibility index (Phi) is 11.6. The molecule has 1 unspecified atom stereocenters. The normalized spacial score (nSPS) is 17.1. The van der Waals surface area contributed by atoms with Crippen molar-refractivity contribution in [3.8, 4) is 0 Å². The average molecular weight is 453 g/mol. The summed E-state index contributed by atoms with van der Waals surface area (Å²) in [5, 5.41) is 9.46. The second-order valence-corrected chi connectivity index (χ2v) is 7.49. The lowest BCUT2D eigenvalue weighted by molar-refractivity contribution is -0.121. The minimum absolute atomic E-state index is 0. The highest BCUT2D eigenvalue weighted by atomic mass is 127. The molecule has 0 aromatic rings. The molecule has 1 aliphatic heterocycles. The molecule has 3 N–H and O–H groups in total. The summed E-state index contributed by atoms with van der Waals surface area (Å²) in [5.74, 6) is 1.21. The molecule has 1 heterocycles. The van der Waals surface area contributed by atoms with Gasteiger partial charge < -0.3 is 20.9 Å². The predicted octanol–water partition coefficient (Wildman–Crippen LogP) is 1.81. The van der Waals surface area contributed by atoms with Gasteiger partial charge in [0.25, 0.3) is 0 Å². The van der Waals surface area contributed by atoms with Crippen molar-refractivity contribution in [2.75, 3.05) is 39.3 Å². The summed E-state index contributed by atoms with van der Waals surface area (Å²) < 4.78 is 0. The number of nitrogens with one attached hydrogen (secondary N) is 3. The van der Waals surface area contributed by atoms with E-state index in [4.69, 9.17) is 0 Å². The lowest BCUT2D eigenvalue weighted by Crippen LogP contribution is -2.44. The van der Waals surface area contributed by atoms with Crippen molar-refractivity contribution in [1.29, 1.82) is 0 Å². The van der Waals surface area contributed by atoms with Gasteiger partial charge in [0.15, 0.2) is 5.96 Å². The van der Waals surface area contributed by atoms with E-state index in [9.17, 15) is 4.79 Å². The molecule has 0 aliphatic carbocycles. The molecule has 1 atom stereocenters. The van der Waals surface area contributed by atoms with Crippen LogP contribution in [0.4, 0.5) is 0 Å². The van der Waals surface area contributed by atoms with Gasteiger partial charge in [0, 0.05) is 25.2 Å². The Bertz CT molecular complexity index is 389. The number of nitrogens with zero attached hydrogens (tertiary/aromatic N) is 2. The Morgan fingerprint density at radius 3 is 2.38 bits per heavy atom. The fourth-order valence-electron chi connectivity index (χ4n) is 2.69. The molecule has 0 radical (unpaired) electrons. The lowest BCUT2D eigenvalue weighted by Gasteiger charge is -2.22. The summed E-state index contributed by atoms with van der Waals surface area (Å²) in [7, 11) is 0. The summed E-state index contributed by atoms with van der Waals surface area (Å²) in [6.45, 7) is 15.6. The predicted molar refractivity (Wildman–Crippen MR) is 112 cm³/mol. The van der Waals surface area contributed by atoms with E-state index in [0.29, 0.717) is 11.9 Å². The van der Waals surface area contributed by atoms with Crippen molar-refractivity contribution < 1.29 is 4.79 Å². The van der Waals surface area contributed by atoms with Crippen LogP contribution in [0, 0.1) is 5.92 Å². The minimum atomic E-state index is -0.220. The quantitative estimate of drug-likeness (QED) is 0.313. The van der Waals surface area contributed by atoms with Crippen LogP contribution < -0.4 is 16.0 Å². The molecular weight excluding hydrogens is 417 g/mol. The number of hydrogen-bond donors (Lipinski definition) is 3. The summed E-state index contributed by atoms with van der Waals surface area (Å²) in [5.41, 5.74) is -0.220. The van der Waals surface area contributed by atoms with Gasteiger partial charge in [-0.05, 0) is 59.5 Å². The van der Waals surface area contributed by atoms with E-state index in [1.807, 2.05) is 27.7 Å². The molecule has 0 saturated carbocycles. The Morgan fingerprint density at radius 1 is 1.21 bits per heavy atom. The summed E-state index contributed by atoms with van der Waals surface area (Å²) >= 11 is 0. The highest BCUT2D eigenvalue weighted by molar-refractivity contribution is 14.0. The molecule has 6 nitrogen and oxygen atoms in total. The van der Waals surface area contributed by atoms with Gasteiger partial charge in [0.2, 0.25) is 5.91 Å². The number of carbonyl (C=O) groups excluding carboxylic acids is 1. The third-order valence-corrected chi connectivity index (χ3v) is 3.63. The van der Waals surface area contributed by atoms with E-state index in [2.05, 4.69) is 32.8 Å². The Balaban J connectivity index is 0.00000529. The first-order chi connectivity index (χ1) is 10.8. The molecule has 0 aromatic heterocycles. The fraction of sp³-hybridized carbons (Fsp3) is 0.882. The van der Waals surface area contributed by atoms with E-state index in [1.165, 1.54) is 25.9 Å². The first-order valence-electron chi connectivity index (χ1n) is 8.85. The molecule has 1 saturated heterocycles. The van der Waals surface area contributed by atoms with Crippen LogP contribution in [0.15, 0.2) is 4.99 Å². The minimum Gasteiger partial charge on any atom is -0.357 e. The SMILES string of the molecule is CCNC(=NCC(=O)NC(C)(C)C)NCC(C)CN1CCCC1.I. The second-order valence-electron chi connectivity index (χ2n) is 7.49. The third-order valence-electron chi connectivity index (χ3n) is 3.63. The van der Waals surface area contributed by atoms with Gasteiger partial charge >= 0.3 is 0 Å². The van der Waals surface area contributed by atoms with Gasteiger partial charge in [-0.3, -0.25) is 4.79 Å². The molecule has 24 heavy (non-hydrogen) atoms. The van der Waals surface area contributed by atoms with Gasteiger partial charge in [-0.2, -0.15) is 0 Å². The number of halogens is 1. The summed E-state index contributed by atoms with van der Waals surface area (Å²) in [4.78, 5) is 18.7. The summed E-state index contributed by atoms with van der Waals surface area (Å²) in [6.07, 6.45) is 2.65. The number of aliphatic imine (C=N–C) groups is 1. The molecule has 1 rings (SSSR count). The molecule has 0 spiro atoms. The number of rotatable bonds is 7. The molecule has 1 fully saturated rings. The van der Waals surface area contributed by atoms with Crippen LogP contribution in [0.1, 0.15) is 47.5 Å². The van der Waals surface area contributed by atoms with Gasteiger partial charge in [-0.25, -0.2) is 4.99 Å². The van der Waals surface area contributed by atoms with E-state index in [0.717, 1.165) is 19.6 Å². The third kappa shape index (κ3) is 11.1. The standard InChI is InChI=1S/C17H35N5O.HI/c1-6-18-16(20-12-15(23)21-17(3,4)5)19-11-14(2)13-22-9-7-8-10-22;/h14H,6-13H2,1-5H3,(H,21,23)(H2,18,19,20);1H. The highest BCUT2D eigenvalue weighted by Crippen LogP contribution is 2.09. The number of guanidine groups is 1. The number of carbonyl (C=O) groups is 1. The number of amides is 1. The smallest absolute Gasteiger partial charge is 0.242 e. The van der Waals surface area contributed by atoms with Crippen LogP contribution in [0.25, 0.3) is 0 Å². The van der Waals surface area contributed by atoms with Crippen LogP contribution in [0.2, 0.25) is 0 Å². The summed E-state index contributed by atoms with van der Waals surface area (Å²) in [6, 6.07) is 0. The van der Waals surface area contributed by atoms with Crippen LogP contribution in [-0.4, -0.2) is 61.6 Å². The molecule has 1 aliphatic rings. The second kappa shape index (κ2) is 11.9. The molecular formula is C17H36IN5O. The molecule has 142 valence electrons. The zero-order chi connectivity index (χ0) is 17.3. The van der Waals surface area contributed by atoms with Gasteiger partial charge in [-0.1, -0.05) is 6.92 Å². The van der Waals surface area contributed by atoms with Crippen LogP contribution in [-0.2, 0) is 4.79 Å². The van der Waals surface area contributed by atoms with Crippen molar-refractivity contribution in [2.45, 2.75) is 53.0 Å². The van der Waals surface area contributed by atoms with Gasteiger partial charge in [0.05, 0.1) is 0 Å². The maximum atomic E-state index is 11.9. The first kappa shape index (κ1) is 23.4. The van der Waals surface area contributed by atoms with Gasteiger partial charge in [0.1, 0.15) is 6.54 Å². The highest BCUT2D eigenvalue weighted by Gasteiger charge is 2.15. The zero-order valence-corrected chi connectivity index (χ0v) is 18.3. The largest absolute Gasteiger partial charge is 0.357 e. The molecule has 7 heteroatoms. The van der Waals surface area contributed by atoms with Crippen molar-refractivity contribution in [3.63, 3.8) is 0 Å². The van der Waals surface area contributed by atoms with Crippen LogP contribution >= 0.6 is 24.0 Å². The molecule has 1 amide bonds. The van der Waals surface area contributed by atoms with E-state index in [1.54, 1.807) is 0 Å². The van der Waals surface area contributed by atoms with Crippen molar-refractivity contribution in [2.24, 2.45) is 10.9 Å². The molecule has 0 bridgehead atoms. The topological polar surface area (TPSA) is 68.8 Å². The van der Waals surface area contributed by atoms with Crippen molar-refractivity contribution in [3.05, 3.63) is 0 Å². The Labute approximate surface area is 164 Å².